The third kappa shape index (κ3) is 2.32. The first-order valence-corrected chi connectivity index (χ1v) is 12.0. The van der Waals surface area contributed by atoms with Crippen LogP contribution in [0.4, 0.5) is 0 Å². The predicted molar refractivity (Wildman–Crippen MR) is 122 cm³/mol. The van der Waals surface area contributed by atoms with Gasteiger partial charge in [0.1, 0.15) is 11.3 Å². The summed E-state index contributed by atoms with van der Waals surface area (Å²) in [5.74, 6) is 1.39. The molecule has 4 aliphatic carbocycles. The van der Waals surface area contributed by atoms with E-state index in [1.807, 2.05) is 0 Å². The number of aromatic amines is 1. The highest BCUT2D eigenvalue weighted by atomic mass is 16.5. The van der Waals surface area contributed by atoms with Crippen LogP contribution < -0.4 is 21.3 Å². The maximum absolute atomic E-state index is 12.6. The molecule has 4 N–H and O–H groups in total. The van der Waals surface area contributed by atoms with E-state index in [2.05, 4.69) is 28.5 Å². The summed E-state index contributed by atoms with van der Waals surface area (Å²) < 4.78 is 12.2. The van der Waals surface area contributed by atoms with Gasteiger partial charge in [-0.2, -0.15) is 0 Å². The summed E-state index contributed by atoms with van der Waals surface area (Å²) in [6, 6.07) is 8.24. The van der Waals surface area contributed by atoms with E-state index in [0.717, 1.165) is 49.0 Å². The van der Waals surface area contributed by atoms with E-state index >= 15 is 0 Å². The van der Waals surface area contributed by atoms with Crippen molar-refractivity contribution in [3.63, 3.8) is 0 Å². The first-order chi connectivity index (χ1) is 15.9. The molecule has 1 amide bonds. The molecular weight excluding hydrogens is 418 g/mol. The molecule has 1 aromatic heterocycles. The molecule has 2 spiro atoms. The van der Waals surface area contributed by atoms with Crippen LogP contribution in [0.15, 0.2) is 29.1 Å². The number of fused-ring (bicyclic) bond motifs is 5. The van der Waals surface area contributed by atoms with Crippen molar-refractivity contribution in [2.24, 2.45) is 17.6 Å². The zero-order valence-corrected chi connectivity index (χ0v) is 18.8. The van der Waals surface area contributed by atoms with E-state index in [4.69, 9.17) is 15.2 Å². The van der Waals surface area contributed by atoms with Crippen LogP contribution in [0.2, 0.25) is 0 Å². The number of primary amides is 1. The van der Waals surface area contributed by atoms with Gasteiger partial charge >= 0.3 is 0 Å². The van der Waals surface area contributed by atoms with Gasteiger partial charge in [-0.05, 0) is 66.6 Å². The van der Waals surface area contributed by atoms with Gasteiger partial charge in [0, 0.05) is 41.8 Å². The lowest BCUT2D eigenvalue weighted by molar-refractivity contribution is -0.236. The second-order valence-corrected chi connectivity index (χ2v) is 10.9. The number of benzene rings is 1. The predicted octanol–water partition coefficient (Wildman–Crippen LogP) is 1.56. The van der Waals surface area contributed by atoms with Crippen LogP contribution in [0, 0.1) is 11.8 Å². The molecule has 172 valence electrons. The van der Waals surface area contributed by atoms with Gasteiger partial charge in [-0.3, -0.25) is 9.59 Å². The number of hydrogen-bond donors (Lipinski definition) is 3. The smallest absolute Gasteiger partial charge is 0.261 e. The van der Waals surface area contributed by atoms with Gasteiger partial charge in [-0.1, -0.05) is 6.07 Å². The van der Waals surface area contributed by atoms with E-state index in [9.17, 15) is 9.59 Å². The summed E-state index contributed by atoms with van der Waals surface area (Å²) in [7, 11) is 1.71. The number of H-pyrrole nitrogens is 1. The first kappa shape index (κ1) is 19.8. The SMILES string of the molecule is COc1ccc2c(c1)C13Cc4[nH]c(=O)c(C(N)=O)cc4C[C@]14OCC4C2(CNCC1CC1)C3. The number of amides is 1. The number of aromatic nitrogens is 1. The molecule has 7 heteroatoms. The van der Waals surface area contributed by atoms with Crippen LogP contribution in [0.5, 0.6) is 5.75 Å². The summed E-state index contributed by atoms with van der Waals surface area (Å²) >= 11 is 0. The number of hydrogen-bond acceptors (Lipinski definition) is 5. The number of methoxy groups -OCH3 is 1. The maximum Gasteiger partial charge on any atom is 0.261 e. The fourth-order valence-electron chi connectivity index (χ4n) is 7.79. The Balaban J connectivity index is 1.39. The molecule has 1 aromatic carbocycles. The molecular formula is C26H29N3O4. The van der Waals surface area contributed by atoms with Crippen molar-refractivity contribution >= 4 is 5.91 Å². The lowest BCUT2D eigenvalue weighted by Crippen LogP contribution is -2.69. The summed E-state index contributed by atoms with van der Waals surface area (Å²) in [4.78, 5) is 27.4. The normalized spacial score (nSPS) is 34.6. The highest BCUT2D eigenvalue weighted by Gasteiger charge is 2.80. The Morgan fingerprint density at radius 3 is 2.82 bits per heavy atom. The molecule has 2 bridgehead atoms. The van der Waals surface area contributed by atoms with Gasteiger partial charge in [-0.25, -0.2) is 0 Å². The molecule has 2 aromatic rings. The van der Waals surface area contributed by atoms with Gasteiger partial charge < -0.3 is 25.5 Å². The van der Waals surface area contributed by atoms with Crippen LogP contribution in [0.1, 0.15) is 52.0 Å². The quantitative estimate of drug-likeness (QED) is 0.623. The van der Waals surface area contributed by atoms with Crippen LogP contribution >= 0.6 is 0 Å². The molecule has 1 saturated heterocycles. The number of nitrogens with two attached hydrogens (primary N) is 1. The molecule has 33 heavy (non-hydrogen) atoms. The molecule has 2 heterocycles. The average molecular weight is 448 g/mol. The highest BCUT2D eigenvalue weighted by Crippen LogP contribution is 2.75. The van der Waals surface area contributed by atoms with Crippen molar-refractivity contribution in [3.05, 3.63) is 62.6 Å². The summed E-state index contributed by atoms with van der Waals surface area (Å²) in [6.07, 6.45) is 5.05. The second kappa shape index (κ2) is 6.27. The highest BCUT2D eigenvalue weighted by molar-refractivity contribution is 5.92. The topological polar surface area (TPSA) is 106 Å². The number of nitrogens with one attached hydrogen (secondary N) is 2. The average Bonchev–Trinajstić information content (AvgIpc) is 3.53. The molecule has 2 saturated carbocycles. The Bertz CT molecular complexity index is 1270. The van der Waals surface area contributed by atoms with E-state index in [0.29, 0.717) is 18.8 Å². The van der Waals surface area contributed by atoms with Gasteiger partial charge in [-0.15, -0.1) is 0 Å². The molecule has 3 fully saturated rings. The molecule has 1 aliphatic heterocycles. The number of pyridine rings is 1. The Labute approximate surface area is 192 Å². The van der Waals surface area contributed by atoms with Crippen LogP contribution in [0.25, 0.3) is 0 Å². The number of rotatable bonds is 6. The minimum Gasteiger partial charge on any atom is -0.497 e. The summed E-state index contributed by atoms with van der Waals surface area (Å²) in [6.45, 7) is 2.77. The van der Waals surface area contributed by atoms with E-state index in [1.165, 1.54) is 24.0 Å². The number of carbonyl (C=O) groups is 1. The van der Waals surface area contributed by atoms with E-state index in [1.54, 1.807) is 13.2 Å². The lowest BCUT2D eigenvalue weighted by Gasteiger charge is -2.61. The lowest BCUT2D eigenvalue weighted by atomic mass is 9.53. The standard InChI is InChI=1S/C26H29N3O4/c1-32-16-4-5-18-19(7-16)25-9-20-15(6-17(22(27)30)23(31)29-20)8-26(25)21(11-33-26)24(18,12-25)13-28-10-14-2-3-14/h4-7,14,21,28H,2-3,8-13H2,1H3,(H2,27,30)(H,29,31)/t21?,24?,25?,26-/m1/s1. The Hall–Kier alpha value is -2.64. The zero-order valence-electron chi connectivity index (χ0n) is 18.8. The van der Waals surface area contributed by atoms with Gasteiger partial charge in [0.15, 0.2) is 0 Å². The molecule has 0 radical (unpaired) electrons. The van der Waals surface area contributed by atoms with Crippen molar-refractivity contribution < 1.29 is 14.3 Å². The molecule has 3 unspecified atom stereocenters. The minimum atomic E-state index is -0.688. The third-order valence-corrected chi connectivity index (χ3v) is 9.43. The second-order valence-electron chi connectivity index (χ2n) is 10.9. The fourth-order valence-corrected chi connectivity index (χ4v) is 7.79. The van der Waals surface area contributed by atoms with E-state index in [-0.39, 0.29) is 22.0 Å². The minimum absolute atomic E-state index is 0.00357. The maximum atomic E-state index is 12.6. The third-order valence-electron chi connectivity index (χ3n) is 9.43. The molecule has 7 rings (SSSR count). The van der Waals surface area contributed by atoms with E-state index < -0.39 is 11.5 Å². The van der Waals surface area contributed by atoms with Crippen LogP contribution in [-0.2, 0) is 28.4 Å². The van der Waals surface area contributed by atoms with Gasteiger partial charge in [0.2, 0.25) is 0 Å². The van der Waals surface area contributed by atoms with Crippen molar-refractivity contribution in [2.45, 2.75) is 48.5 Å². The number of ether oxygens (including phenoxy) is 2. The van der Waals surface area contributed by atoms with Crippen molar-refractivity contribution in [3.8, 4) is 5.75 Å². The Morgan fingerprint density at radius 2 is 2.12 bits per heavy atom. The van der Waals surface area contributed by atoms with Gasteiger partial charge in [0.05, 0.1) is 19.3 Å². The molecule has 5 aliphatic rings. The Kier molecular flexibility index (Phi) is 3.76. The van der Waals surface area contributed by atoms with Crippen LogP contribution in [-0.4, -0.2) is 43.3 Å². The van der Waals surface area contributed by atoms with Crippen molar-refractivity contribution in [1.29, 1.82) is 0 Å². The zero-order chi connectivity index (χ0) is 22.6. The molecule has 4 atom stereocenters. The Morgan fingerprint density at radius 1 is 1.27 bits per heavy atom. The first-order valence-electron chi connectivity index (χ1n) is 12.0. The fraction of sp³-hybridized carbons (Fsp3) is 0.538. The summed E-state index contributed by atoms with van der Waals surface area (Å²) in [5.41, 5.74) is 9.17. The monoisotopic (exact) mass is 447 g/mol. The van der Waals surface area contributed by atoms with Crippen molar-refractivity contribution in [2.75, 3.05) is 26.8 Å². The van der Waals surface area contributed by atoms with Gasteiger partial charge in [0.25, 0.3) is 11.5 Å². The number of carbonyl (C=O) groups excluding carboxylic acids is 1. The molecule has 7 nitrogen and oxygen atoms in total. The van der Waals surface area contributed by atoms with Crippen molar-refractivity contribution in [1.82, 2.24) is 10.3 Å². The largest absolute Gasteiger partial charge is 0.497 e. The van der Waals surface area contributed by atoms with Crippen LogP contribution in [0.3, 0.4) is 0 Å². The summed E-state index contributed by atoms with van der Waals surface area (Å²) in [5, 5.41) is 3.81.